The maximum absolute atomic E-state index is 11.7. The fraction of sp³-hybridized carbons (Fsp3) is 0.444. The Hall–Kier alpha value is -1.85. The Morgan fingerprint density at radius 2 is 2.07 bits per heavy atom. The van der Waals surface area contributed by atoms with Crippen molar-refractivity contribution in [2.45, 2.75) is 20.0 Å². The van der Waals surface area contributed by atoms with Crippen LogP contribution in [0.5, 0.6) is 0 Å². The largest absolute Gasteiger partial charge is 0.328 e. The Bertz CT molecular complexity index is 507. The second-order valence-corrected chi connectivity index (χ2v) is 3.38. The van der Waals surface area contributed by atoms with Crippen LogP contribution in [0.3, 0.4) is 0 Å². The molecule has 0 atom stereocenters. The molecule has 0 aromatic carbocycles. The van der Waals surface area contributed by atoms with E-state index < -0.39 is 0 Å². The van der Waals surface area contributed by atoms with E-state index in [1.165, 1.54) is 0 Å². The van der Waals surface area contributed by atoms with Gasteiger partial charge in [-0.1, -0.05) is 5.21 Å². The van der Waals surface area contributed by atoms with E-state index in [0.717, 1.165) is 5.69 Å². The van der Waals surface area contributed by atoms with Gasteiger partial charge in [-0.05, 0) is 6.92 Å². The Balaban J connectivity index is 2.25. The minimum Gasteiger partial charge on any atom is -0.300 e. The normalized spacial score (nSPS) is 10.8. The first-order valence-corrected chi connectivity index (χ1v) is 4.81. The highest BCUT2D eigenvalue weighted by Gasteiger charge is 2.04. The van der Waals surface area contributed by atoms with Crippen molar-refractivity contribution in [2.24, 2.45) is 7.05 Å². The minimum absolute atomic E-state index is 0.0110. The second-order valence-electron chi connectivity index (χ2n) is 3.38. The SMILES string of the molecule is CCn1ccn(Cc2cn(C)nn2)c1=O. The molecule has 0 amide bonds. The summed E-state index contributed by atoms with van der Waals surface area (Å²) < 4.78 is 4.89. The number of imidazole rings is 1. The van der Waals surface area contributed by atoms with Gasteiger partial charge >= 0.3 is 5.69 Å². The predicted octanol–water partition coefficient (Wildman–Crippen LogP) is -0.154. The lowest BCUT2D eigenvalue weighted by molar-refractivity contribution is 0.660. The van der Waals surface area contributed by atoms with E-state index in [4.69, 9.17) is 0 Å². The highest BCUT2D eigenvalue weighted by molar-refractivity contribution is 4.95. The van der Waals surface area contributed by atoms with Crippen molar-refractivity contribution in [3.05, 3.63) is 34.8 Å². The minimum atomic E-state index is -0.0110. The van der Waals surface area contributed by atoms with Crippen molar-refractivity contribution in [1.82, 2.24) is 24.1 Å². The number of aromatic nitrogens is 5. The summed E-state index contributed by atoms with van der Waals surface area (Å²) in [5.41, 5.74) is 0.775. The van der Waals surface area contributed by atoms with Crippen LogP contribution in [0.4, 0.5) is 0 Å². The van der Waals surface area contributed by atoms with Gasteiger partial charge in [-0.3, -0.25) is 13.8 Å². The summed E-state index contributed by atoms with van der Waals surface area (Å²) in [4.78, 5) is 11.7. The summed E-state index contributed by atoms with van der Waals surface area (Å²) in [5, 5.41) is 7.75. The molecule has 0 radical (unpaired) electrons. The van der Waals surface area contributed by atoms with E-state index in [2.05, 4.69) is 10.3 Å². The molecule has 0 N–H and O–H groups in total. The highest BCUT2D eigenvalue weighted by atomic mass is 16.1. The number of nitrogens with zero attached hydrogens (tertiary/aromatic N) is 5. The monoisotopic (exact) mass is 207 g/mol. The molecule has 2 heterocycles. The summed E-state index contributed by atoms with van der Waals surface area (Å²) >= 11 is 0. The maximum atomic E-state index is 11.7. The van der Waals surface area contributed by atoms with Crippen LogP contribution in [0.15, 0.2) is 23.4 Å². The predicted molar refractivity (Wildman–Crippen MR) is 54.5 cm³/mol. The molecule has 2 aromatic rings. The highest BCUT2D eigenvalue weighted by Crippen LogP contribution is 1.95. The molecule has 80 valence electrons. The zero-order valence-electron chi connectivity index (χ0n) is 8.79. The first kappa shape index (κ1) is 9.70. The molecule has 0 aliphatic carbocycles. The fourth-order valence-electron chi connectivity index (χ4n) is 1.46. The quantitative estimate of drug-likeness (QED) is 0.703. The molecule has 0 bridgehead atoms. The van der Waals surface area contributed by atoms with Crippen molar-refractivity contribution in [3.63, 3.8) is 0 Å². The molecule has 0 saturated carbocycles. The number of aryl methyl sites for hydroxylation is 2. The fourth-order valence-corrected chi connectivity index (χ4v) is 1.46. The second kappa shape index (κ2) is 3.72. The van der Waals surface area contributed by atoms with Gasteiger partial charge in [-0.15, -0.1) is 5.10 Å². The first-order valence-electron chi connectivity index (χ1n) is 4.81. The van der Waals surface area contributed by atoms with Crippen molar-refractivity contribution in [2.75, 3.05) is 0 Å². The molecule has 0 spiro atoms. The van der Waals surface area contributed by atoms with Crippen molar-refractivity contribution < 1.29 is 0 Å². The third-order valence-corrected chi connectivity index (χ3v) is 2.24. The third kappa shape index (κ3) is 1.83. The number of hydrogen-bond acceptors (Lipinski definition) is 3. The smallest absolute Gasteiger partial charge is 0.300 e. The van der Waals surface area contributed by atoms with Gasteiger partial charge in [0.1, 0.15) is 5.69 Å². The Morgan fingerprint density at radius 3 is 2.60 bits per heavy atom. The van der Waals surface area contributed by atoms with E-state index in [1.807, 2.05) is 6.92 Å². The van der Waals surface area contributed by atoms with Gasteiger partial charge in [0.25, 0.3) is 0 Å². The van der Waals surface area contributed by atoms with Gasteiger partial charge in [0.05, 0.1) is 6.54 Å². The Labute approximate surface area is 86.8 Å². The topological polar surface area (TPSA) is 57.6 Å². The van der Waals surface area contributed by atoms with Crippen molar-refractivity contribution >= 4 is 0 Å². The average molecular weight is 207 g/mol. The molecule has 6 nitrogen and oxygen atoms in total. The van der Waals surface area contributed by atoms with Gasteiger partial charge in [-0.25, -0.2) is 4.79 Å². The van der Waals surface area contributed by atoms with Crippen LogP contribution < -0.4 is 5.69 Å². The van der Waals surface area contributed by atoms with Crippen LogP contribution in [-0.4, -0.2) is 24.1 Å². The van der Waals surface area contributed by atoms with E-state index in [-0.39, 0.29) is 5.69 Å². The van der Waals surface area contributed by atoms with Crippen LogP contribution in [0, 0.1) is 0 Å². The molecule has 2 rings (SSSR count). The molecule has 0 saturated heterocycles. The molecule has 2 aromatic heterocycles. The molecule has 0 fully saturated rings. The summed E-state index contributed by atoms with van der Waals surface area (Å²) in [6, 6.07) is 0. The molecular formula is C9H13N5O. The van der Waals surface area contributed by atoms with Gasteiger partial charge in [0.15, 0.2) is 0 Å². The van der Waals surface area contributed by atoms with Crippen LogP contribution in [0.25, 0.3) is 0 Å². The first-order chi connectivity index (χ1) is 7.20. The number of hydrogen-bond donors (Lipinski definition) is 0. The molecule has 6 heteroatoms. The van der Waals surface area contributed by atoms with Crippen LogP contribution in [-0.2, 0) is 20.1 Å². The van der Waals surface area contributed by atoms with E-state index in [9.17, 15) is 4.79 Å². The van der Waals surface area contributed by atoms with Gasteiger partial charge in [0, 0.05) is 32.2 Å². The summed E-state index contributed by atoms with van der Waals surface area (Å²) in [6.45, 7) is 3.10. The van der Waals surface area contributed by atoms with Crippen molar-refractivity contribution in [1.29, 1.82) is 0 Å². The van der Waals surface area contributed by atoms with Crippen LogP contribution in [0.2, 0.25) is 0 Å². The molecule has 0 aliphatic rings. The van der Waals surface area contributed by atoms with E-state index >= 15 is 0 Å². The average Bonchev–Trinajstić information content (AvgIpc) is 2.76. The van der Waals surface area contributed by atoms with Gasteiger partial charge < -0.3 is 0 Å². The van der Waals surface area contributed by atoms with Crippen LogP contribution >= 0.6 is 0 Å². The zero-order valence-corrected chi connectivity index (χ0v) is 8.79. The lowest BCUT2D eigenvalue weighted by atomic mass is 10.5. The molecule has 15 heavy (non-hydrogen) atoms. The van der Waals surface area contributed by atoms with E-state index in [1.54, 1.807) is 39.5 Å². The summed E-state index contributed by atoms with van der Waals surface area (Å²) in [6.07, 6.45) is 5.34. The Morgan fingerprint density at radius 1 is 1.33 bits per heavy atom. The molecule has 0 aliphatic heterocycles. The summed E-state index contributed by atoms with van der Waals surface area (Å²) in [5.74, 6) is 0. The lowest BCUT2D eigenvalue weighted by Gasteiger charge is -1.96. The summed E-state index contributed by atoms with van der Waals surface area (Å²) in [7, 11) is 1.80. The lowest BCUT2D eigenvalue weighted by Crippen LogP contribution is -2.23. The van der Waals surface area contributed by atoms with E-state index in [0.29, 0.717) is 13.1 Å². The van der Waals surface area contributed by atoms with Crippen molar-refractivity contribution in [3.8, 4) is 0 Å². The third-order valence-electron chi connectivity index (χ3n) is 2.24. The maximum Gasteiger partial charge on any atom is 0.328 e. The van der Waals surface area contributed by atoms with Gasteiger partial charge in [0.2, 0.25) is 0 Å². The Kier molecular flexibility index (Phi) is 2.40. The van der Waals surface area contributed by atoms with Crippen LogP contribution in [0.1, 0.15) is 12.6 Å². The standard InChI is InChI=1S/C9H13N5O/c1-3-13-4-5-14(9(13)15)7-8-6-12(2)11-10-8/h4-6H,3,7H2,1-2H3. The molecular weight excluding hydrogens is 194 g/mol. The molecule has 0 unspecified atom stereocenters. The van der Waals surface area contributed by atoms with Gasteiger partial charge in [-0.2, -0.15) is 0 Å². The number of rotatable bonds is 3. The zero-order chi connectivity index (χ0) is 10.8.